The lowest BCUT2D eigenvalue weighted by molar-refractivity contribution is 0.0633. The molecule has 102 valence electrons. The van der Waals surface area contributed by atoms with Crippen molar-refractivity contribution in [3.63, 3.8) is 0 Å². The van der Waals surface area contributed by atoms with Crippen LogP contribution in [0.1, 0.15) is 22.8 Å². The van der Waals surface area contributed by atoms with Gasteiger partial charge < -0.3 is 14.7 Å². The molecule has 0 spiro atoms. The van der Waals surface area contributed by atoms with Gasteiger partial charge in [-0.2, -0.15) is 0 Å². The summed E-state index contributed by atoms with van der Waals surface area (Å²) in [7, 11) is 3.32. The number of nitrogens with zero attached hydrogens (tertiary/aromatic N) is 2. The van der Waals surface area contributed by atoms with Crippen LogP contribution in [-0.2, 0) is 4.74 Å². The van der Waals surface area contributed by atoms with Crippen molar-refractivity contribution in [3.05, 3.63) is 29.6 Å². The zero-order chi connectivity index (χ0) is 14.3. The third kappa shape index (κ3) is 4.36. The number of amides is 1. The minimum Gasteiger partial charge on any atom is -0.384 e. The minimum atomic E-state index is -0.219. The topological polar surface area (TPSA) is 62.7 Å². The number of rotatable bonds is 4. The largest absolute Gasteiger partial charge is 0.384 e. The van der Waals surface area contributed by atoms with Crippen LogP contribution >= 0.6 is 0 Å². The van der Waals surface area contributed by atoms with Crippen molar-refractivity contribution in [3.8, 4) is 11.8 Å². The van der Waals surface area contributed by atoms with Crippen LogP contribution in [0.2, 0.25) is 0 Å². The van der Waals surface area contributed by atoms with E-state index in [2.05, 4.69) is 16.8 Å². The van der Waals surface area contributed by atoms with Crippen molar-refractivity contribution < 1.29 is 14.6 Å². The van der Waals surface area contributed by atoms with Crippen molar-refractivity contribution >= 4 is 5.91 Å². The van der Waals surface area contributed by atoms with E-state index in [9.17, 15) is 4.79 Å². The van der Waals surface area contributed by atoms with Crippen LogP contribution in [0, 0.1) is 11.8 Å². The fourth-order valence-electron chi connectivity index (χ4n) is 1.52. The van der Waals surface area contributed by atoms with Gasteiger partial charge in [-0.1, -0.05) is 11.8 Å². The van der Waals surface area contributed by atoms with Gasteiger partial charge in [-0.25, -0.2) is 0 Å². The number of hydrogen-bond donors (Lipinski definition) is 1. The standard InChI is InChI=1S/C14H18N2O3/c1-11(10-19-3)16(2)14(18)13-7-12(5-4-6-17)8-15-9-13/h7-9,11,17H,6,10H2,1-3H3. The molecular formula is C14H18N2O3. The summed E-state index contributed by atoms with van der Waals surface area (Å²) in [5.41, 5.74) is 1.07. The maximum Gasteiger partial charge on any atom is 0.255 e. The Morgan fingerprint density at radius 1 is 1.58 bits per heavy atom. The second-order valence-electron chi connectivity index (χ2n) is 4.14. The second kappa shape index (κ2) is 7.52. The van der Waals surface area contributed by atoms with Gasteiger partial charge >= 0.3 is 0 Å². The molecule has 0 radical (unpaired) electrons. The molecule has 0 bridgehead atoms. The maximum absolute atomic E-state index is 12.2. The van der Waals surface area contributed by atoms with Crippen LogP contribution in [0.3, 0.4) is 0 Å². The number of ether oxygens (including phenoxy) is 1. The number of aliphatic hydroxyl groups is 1. The van der Waals surface area contributed by atoms with Crippen molar-refractivity contribution in [2.45, 2.75) is 13.0 Å². The molecule has 1 N–H and O–H groups in total. The molecule has 1 aromatic rings. The fourth-order valence-corrected chi connectivity index (χ4v) is 1.52. The summed E-state index contributed by atoms with van der Waals surface area (Å²) in [6.45, 7) is 2.16. The first-order valence-corrected chi connectivity index (χ1v) is 5.91. The lowest BCUT2D eigenvalue weighted by Crippen LogP contribution is -2.37. The fraction of sp³-hybridized carbons (Fsp3) is 0.429. The van der Waals surface area contributed by atoms with E-state index in [1.165, 1.54) is 6.20 Å². The number of likely N-dealkylation sites (N-methyl/N-ethyl adjacent to an activating group) is 1. The minimum absolute atomic E-state index is 0.0234. The number of methoxy groups -OCH3 is 1. The number of hydrogen-bond acceptors (Lipinski definition) is 4. The first kappa shape index (κ1) is 15.2. The molecule has 1 atom stereocenters. The van der Waals surface area contributed by atoms with Crippen LogP contribution in [0.25, 0.3) is 0 Å². The lowest BCUT2D eigenvalue weighted by atomic mass is 10.1. The Hall–Kier alpha value is -1.90. The molecule has 0 aromatic carbocycles. The monoisotopic (exact) mass is 262 g/mol. The van der Waals surface area contributed by atoms with Crippen molar-refractivity contribution in [2.75, 3.05) is 27.4 Å². The maximum atomic E-state index is 12.2. The highest BCUT2D eigenvalue weighted by molar-refractivity contribution is 5.94. The van der Waals surface area contributed by atoms with E-state index in [1.54, 1.807) is 31.3 Å². The van der Waals surface area contributed by atoms with E-state index in [-0.39, 0.29) is 18.6 Å². The van der Waals surface area contributed by atoms with Gasteiger partial charge in [0.15, 0.2) is 0 Å². The molecule has 1 aromatic heterocycles. The van der Waals surface area contributed by atoms with Crippen LogP contribution in [0.5, 0.6) is 0 Å². The number of carbonyl (C=O) groups is 1. The summed E-state index contributed by atoms with van der Waals surface area (Å²) in [5, 5.41) is 8.64. The second-order valence-corrected chi connectivity index (χ2v) is 4.14. The van der Waals surface area contributed by atoms with E-state index >= 15 is 0 Å². The highest BCUT2D eigenvalue weighted by Gasteiger charge is 2.17. The Kier molecular flexibility index (Phi) is 6.00. The Morgan fingerprint density at radius 3 is 2.95 bits per heavy atom. The molecule has 1 amide bonds. The smallest absolute Gasteiger partial charge is 0.255 e. The summed E-state index contributed by atoms with van der Waals surface area (Å²) in [6, 6.07) is 1.64. The van der Waals surface area contributed by atoms with E-state index in [1.807, 2.05) is 6.92 Å². The van der Waals surface area contributed by atoms with Gasteiger partial charge in [-0.05, 0) is 13.0 Å². The van der Waals surface area contributed by atoms with E-state index in [0.29, 0.717) is 17.7 Å². The Bertz CT molecular complexity index is 491. The molecule has 0 saturated carbocycles. The molecule has 1 unspecified atom stereocenters. The van der Waals surface area contributed by atoms with Gasteiger partial charge in [-0.3, -0.25) is 9.78 Å². The first-order chi connectivity index (χ1) is 9.10. The average Bonchev–Trinajstić information content (AvgIpc) is 2.44. The normalized spacial score (nSPS) is 11.4. The summed E-state index contributed by atoms with van der Waals surface area (Å²) in [5.74, 6) is 5.11. The van der Waals surface area contributed by atoms with Gasteiger partial charge in [-0.15, -0.1) is 0 Å². The number of aromatic nitrogens is 1. The van der Waals surface area contributed by atoms with Crippen LogP contribution < -0.4 is 0 Å². The van der Waals surface area contributed by atoms with E-state index in [4.69, 9.17) is 9.84 Å². The summed E-state index contributed by atoms with van der Waals surface area (Å²) in [6.07, 6.45) is 3.06. The Morgan fingerprint density at radius 2 is 2.32 bits per heavy atom. The summed E-state index contributed by atoms with van der Waals surface area (Å²) < 4.78 is 5.03. The van der Waals surface area contributed by atoms with Gasteiger partial charge in [0, 0.05) is 32.1 Å². The van der Waals surface area contributed by atoms with Crippen molar-refractivity contribution in [2.24, 2.45) is 0 Å². The third-order valence-electron chi connectivity index (χ3n) is 2.69. The van der Waals surface area contributed by atoms with Gasteiger partial charge in [0.25, 0.3) is 5.91 Å². The SMILES string of the molecule is COCC(C)N(C)C(=O)c1cncc(C#CCO)c1. The molecule has 0 saturated heterocycles. The predicted octanol–water partition coefficient (Wildman–Crippen LogP) is 0.532. The number of carbonyl (C=O) groups excluding carboxylic acids is 1. The zero-order valence-electron chi connectivity index (χ0n) is 11.4. The molecule has 19 heavy (non-hydrogen) atoms. The number of pyridine rings is 1. The molecule has 5 heteroatoms. The van der Waals surface area contributed by atoms with Crippen LogP contribution in [0.15, 0.2) is 18.5 Å². The summed E-state index contributed by atoms with van der Waals surface area (Å²) in [4.78, 5) is 17.8. The summed E-state index contributed by atoms with van der Waals surface area (Å²) >= 11 is 0. The highest BCUT2D eigenvalue weighted by Crippen LogP contribution is 2.07. The lowest BCUT2D eigenvalue weighted by Gasteiger charge is -2.24. The predicted molar refractivity (Wildman–Crippen MR) is 71.6 cm³/mol. The zero-order valence-corrected chi connectivity index (χ0v) is 11.4. The molecule has 1 rings (SSSR count). The number of aliphatic hydroxyl groups excluding tert-OH is 1. The quantitative estimate of drug-likeness (QED) is 0.804. The highest BCUT2D eigenvalue weighted by atomic mass is 16.5. The van der Waals surface area contributed by atoms with Crippen LogP contribution in [-0.4, -0.2) is 54.3 Å². The molecule has 5 nitrogen and oxygen atoms in total. The van der Waals surface area contributed by atoms with Gasteiger partial charge in [0.1, 0.15) is 6.61 Å². The molecule has 1 heterocycles. The van der Waals surface area contributed by atoms with E-state index in [0.717, 1.165) is 0 Å². The Balaban J connectivity index is 2.87. The average molecular weight is 262 g/mol. The first-order valence-electron chi connectivity index (χ1n) is 5.91. The molecule has 0 aliphatic rings. The molecule has 0 aliphatic heterocycles. The van der Waals surface area contributed by atoms with Gasteiger partial charge in [0.2, 0.25) is 0 Å². The van der Waals surface area contributed by atoms with Crippen molar-refractivity contribution in [1.29, 1.82) is 0 Å². The van der Waals surface area contributed by atoms with Crippen LogP contribution in [0.4, 0.5) is 0 Å². The molecular weight excluding hydrogens is 244 g/mol. The van der Waals surface area contributed by atoms with E-state index < -0.39 is 0 Å². The Labute approximate surface area is 113 Å². The van der Waals surface area contributed by atoms with Crippen molar-refractivity contribution in [1.82, 2.24) is 9.88 Å². The van der Waals surface area contributed by atoms with Gasteiger partial charge in [0.05, 0.1) is 18.2 Å². The molecule has 0 fully saturated rings. The molecule has 0 aliphatic carbocycles. The third-order valence-corrected chi connectivity index (χ3v) is 2.69.